The number of nitrogens with zero attached hydrogens (tertiary/aromatic N) is 1. The topological polar surface area (TPSA) is 66.8 Å². The molecule has 1 heterocycles. The molecule has 0 spiro atoms. The highest BCUT2D eigenvalue weighted by molar-refractivity contribution is 5.95. The molecule has 5 heteroatoms. The molecule has 1 fully saturated rings. The van der Waals surface area contributed by atoms with E-state index in [1.54, 1.807) is 18.1 Å². The number of carboxylic acid groups (broad SMARTS) is 1. The molecule has 5 nitrogen and oxygen atoms in total. The molecule has 1 amide bonds. The van der Waals surface area contributed by atoms with Gasteiger partial charge in [0.15, 0.2) is 0 Å². The largest absolute Gasteiger partial charge is 0.481 e. The van der Waals surface area contributed by atoms with Crippen molar-refractivity contribution in [2.45, 2.75) is 31.9 Å². The van der Waals surface area contributed by atoms with Gasteiger partial charge in [-0.15, -0.1) is 0 Å². The summed E-state index contributed by atoms with van der Waals surface area (Å²) in [6, 6.07) is 7.11. The van der Waals surface area contributed by atoms with Crippen molar-refractivity contribution >= 4 is 11.9 Å². The zero-order chi connectivity index (χ0) is 14.5. The lowest BCUT2D eigenvalue weighted by Crippen LogP contribution is -2.36. The first-order valence-electron chi connectivity index (χ1n) is 6.72. The van der Waals surface area contributed by atoms with E-state index in [4.69, 9.17) is 9.84 Å². The summed E-state index contributed by atoms with van der Waals surface area (Å²) in [5.74, 6) is -0.950. The van der Waals surface area contributed by atoms with Gasteiger partial charge in [-0.05, 0) is 30.5 Å². The molecule has 1 atom stereocenters. The maximum absolute atomic E-state index is 12.5. The highest BCUT2D eigenvalue weighted by Gasteiger charge is 2.30. The van der Waals surface area contributed by atoms with Crippen LogP contribution in [-0.2, 0) is 16.1 Å². The van der Waals surface area contributed by atoms with Crippen LogP contribution in [0.15, 0.2) is 24.3 Å². The summed E-state index contributed by atoms with van der Waals surface area (Å²) in [5, 5.41) is 8.90. The number of benzene rings is 1. The first-order valence-corrected chi connectivity index (χ1v) is 6.72. The van der Waals surface area contributed by atoms with E-state index < -0.39 is 5.97 Å². The Balaban J connectivity index is 2.13. The molecule has 1 aromatic rings. The predicted molar refractivity (Wildman–Crippen MR) is 73.5 cm³/mol. The summed E-state index contributed by atoms with van der Waals surface area (Å²) in [4.78, 5) is 25.0. The number of amides is 1. The van der Waals surface area contributed by atoms with Gasteiger partial charge in [-0.3, -0.25) is 9.59 Å². The van der Waals surface area contributed by atoms with E-state index in [2.05, 4.69) is 0 Å². The number of hydrogen-bond acceptors (Lipinski definition) is 3. The fourth-order valence-corrected chi connectivity index (χ4v) is 2.64. The average molecular weight is 277 g/mol. The zero-order valence-corrected chi connectivity index (χ0v) is 11.5. The van der Waals surface area contributed by atoms with Crippen LogP contribution in [0.4, 0.5) is 0 Å². The Hall–Kier alpha value is -1.88. The third kappa shape index (κ3) is 3.36. The number of carbonyl (C=O) groups excluding carboxylic acids is 1. The number of carbonyl (C=O) groups is 2. The number of likely N-dealkylation sites (tertiary alicyclic amines) is 1. The van der Waals surface area contributed by atoms with Crippen molar-refractivity contribution in [3.05, 3.63) is 35.4 Å². The Morgan fingerprint density at radius 1 is 1.45 bits per heavy atom. The number of rotatable bonds is 5. The third-order valence-corrected chi connectivity index (χ3v) is 3.53. The van der Waals surface area contributed by atoms with E-state index >= 15 is 0 Å². The summed E-state index contributed by atoms with van der Waals surface area (Å²) in [6.07, 6.45) is 1.64. The van der Waals surface area contributed by atoms with Crippen LogP contribution in [0, 0.1) is 0 Å². The molecule has 20 heavy (non-hydrogen) atoms. The van der Waals surface area contributed by atoms with Gasteiger partial charge >= 0.3 is 5.97 Å². The van der Waals surface area contributed by atoms with Crippen molar-refractivity contribution in [1.82, 2.24) is 4.90 Å². The molecule has 0 unspecified atom stereocenters. The Labute approximate surface area is 118 Å². The van der Waals surface area contributed by atoms with Crippen molar-refractivity contribution in [3.63, 3.8) is 0 Å². The van der Waals surface area contributed by atoms with Gasteiger partial charge in [0.1, 0.15) is 0 Å². The fraction of sp³-hybridized carbons (Fsp3) is 0.467. The first kappa shape index (κ1) is 14.5. The van der Waals surface area contributed by atoms with Crippen LogP contribution in [-0.4, -0.2) is 41.6 Å². The van der Waals surface area contributed by atoms with Gasteiger partial charge in [0.05, 0.1) is 13.0 Å². The maximum atomic E-state index is 12.5. The monoisotopic (exact) mass is 277 g/mol. The van der Waals surface area contributed by atoms with E-state index in [-0.39, 0.29) is 18.4 Å². The van der Waals surface area contributed by atoms with Crippen molar-refractivity contribution in [2.24, 2.45) is 0 Å². The molecule has 1 saturated heterocycles. The first-order chi connectivity index (χ1) is 9.61. The minimum Gasteiger partial charge on any atom is -0.481 e. The number of aliphatic carboxylic acids is 1. The van der Waals surface area contributed by atoms with Crippen molar-refractivity contribution < 1.29 is 19.4 Å². The van der Waals surface area contributed by atoms with Gasteiger partial charge in [0.25, 0.3) is 5.91 Å². The van der Waals surface area contributed by atoms with Gasteiger partial charge in [0.2, 0.25) is 0 Å². The summed E-state index contributed by atoms with van der Waals surface area (Å²) < 4.78 is 5.06. The highest BCUT2D eigenvalue weighted by atomic mass is 16.5. The number of carboxylic acids is 1. The van der Waals surface area contributed by atoms with Crippen molar-refractivity contribution in [3.8, 4) is 0 Å². The molecule has 0 saturated carbocycles. The molecule has 0 aliphatic carbocycles. The van der Waals surface area contributed by atoms with Gasteiger partial charge in [-0.25, -0.2) is 0 Å². The lowest BCUT2D eigenvalue weighted by molar-refractivity contribution is -0.137. The maximum Gasteiger partial charge on any atom is 0.305 e. The average Bonchev–Trinajstić information content (AvgIpc) is 2.86. The minimum absolute atomic E-state index is 0.0174. The quantitative estimate of drug-likeness (QED) is 0.892. The Kier molecular flexibility index (Phi) is 4.74. The van der Waals surface area contributed by atoms with Gasteiger partial charge in [-0.2, -0.15) is 0 Å². The highest BCUT2D eigenvalue weighted by Crippen LogP contribution is 2.23. The van der Waals surface area contributed by atoms with Crippen LogP contribution < -0.4 is 0 Å². The minimum atomic E-state index is -0.858. The van der Waals surface area contributed by atoms with E-state index in [0.717, 1.165) is 18.4 Å². The van der Waals surface area contributed by atoms with Crippen LogP contribution in [0.1, 0.15) is 35.2 Å². The van der Waals surface area contributed by atoms with Crippen molar-refractivity contribution in [2.75, 3.05) is 13.7 Å². The van der Waals surface area contributed by atoms with E-state index in [9.17, 15) is 9.59 Å². The molecule has 0 aromatic heterocycles. The number of ether oxygens (including phenoxy) is 1. The summed E-state index contributed by atoms with van der Waals surface area (Å²) in [6.45, 7) is 1.09. The normalized spacial score (nSPS) is 18.2. The Morgan fingerprint density at radius 3 is 2.95 bits per heavy atom. The standard InChI is InChI=1S/C15H19NO4/c1-20-10-11-4-2-5-12(8-11)15(19)16-7-3-6-13(16)9-14(17)18/h2,4-5,8,13H,3,6-7,9-10H2,1H3,(H,17,18)/t13-/m0/s1. The third-order valence-electron chi connectivity index (χ3n) is 3.53. The van der Waals surface area contributed by atoms with Crippen LogP contribution in [0.3, 0.4) is 0 Å². The lowest BCUT2D eigenvalue weighted by atomic mass is 10.1. The molecule has 1 aliphatic heterocycles. The van der Waals surface area contributed by atoms with Crippen LogP contribution in [0.25, 0.3) is 0 Å². The molecule has 0 radical (unpaired) electrons. The molecule has 0 bridgehead atoms. The van der Waals surface area contributed by atoms with Crippen LogP contribution in [0.2, 0.25) is 0 Å². The van der Waals surface area contributed by atoms with Crippen molar-refractivity contribution in [1.29, 1.82) is 0 Å². The summed E-state index contributed by atoms with van der Waals surface area (Å²) >= 11 is 0. The SMILES string of the molecule is COCc1cccc(C(=O)N2CCC[C@H]2CC(=O)O)c1. The Morgan fingerprint density at radius 2 is 2.25 bits per heavy atom. The van der Waals surface area contributed by atoms with Gasteiger partial charge < -0.3 is 14.7 Å². The van der Waals surface area contributed by atoms with Crippen LogP contribution in [0.5, 0.6) is 0 Å². The Bertz CT molecular complexity index is 500. The molecule has 2 rings (SSSR count). The zero-order valence-electron chi connectivity index (χ0n) is 11.5. The second-order valence-electron chi connectivity index (χ2n) is 5.03. The summed E-state index contributed by atoms with van der Waals surface area (Å²) in [7, 11) is 1.61. The second kappa shape index (κ2) is 6.52. The van der Waals surface area contributed by atoms with E-state index in [1.807, 2.05) is 18.2 Å². The summed E-state index contributed by atoms with van der Waals surface area (Å²) in [5.41, 5.74) is 1.53. The smallest absolute Gasteiger partial charge is 0.305 e. The number of methoxy groups -OCH3 is 1. The number of hydrogen-bond donors (Lipinski definition) is 1. The van der Waals surface area contributed by atoms with Gasteiger partial charge in [0, 0.05) is 25.3 Å². The molecular weight excluding hydrogens is 258 g/mol. The molecular formula is C15H19NO4. The van der Waals surface area contributed by atoms with Gasteiger partial charge in [-0.1, -0.05) is 12.1 Å². The van der Waals surface area contributed by atoms with Crippen LogP contribution >= 0.6 is 0 Å². The molecule has 1 aliphatic rings. The molecule has 1 N–H and O–H groups in total. The second-order valence-corrected chi connectivity index (χ2v) is 5.03. The fourth-order valence-electron chi connectivity index (χ4n) is 2.64. The van der Waals surface area contributed by atoms with E-state index in [1.165, 1.54) is 0 Å². The predicted octanol–water partition coefficient (Wildman–Crippen LogP) is 1.91. The van der Waals surface area contributed by atoms with E-state index in [0.29, 0.717) is 18.7 Å². The lowest BCUT2D eigenvalue weighted by Gasteiger charge is -2.23. The molecule has 108 valence electrons. The molecule has 1 aromatic carbocycles.